The number of aryl methyl sites for hydroxylation is 1. The summed E-state index contributed by atoms with van der Waals surface area (Å²) in [5.41, 5.74) is 1.88. The first kappa shape index (κ1) is 20.5. The molecule has 0 saturated carbocycles. The average molecular weight is 440 g/mol. The number of benzene rings is 2. The number of nitrogens with zero attached hydrogens (tertiary/aromatic N) is 3. The molecule has 0 aliphatic carbocycles. The summed E-state index contributed by atoms with van der Waals surface area (Å²) in [7, 11) is -3.49. The SMILES string of the molecule is CCc1cc(Br)c(O)c(N=Nc2ccc(S(=O)(=O)N(CC)CC)cc2)c1. The lowest BCUT2D eigenvalue weighted by molar-refractivity contribution is 0.445. The second kappa shape index (κ2) is 8.75. The fourth-order valence-electron chi connectivity index (χ4n) is 2.43. The van der Waals surface area contributed by atoms with Crippen molar-refractivity contribution in [2.45, 2.75) is 32.1 Å². The summed E-state index contributed by atoms with van der Waals surface area (Å²) in [6.07, 6.45) is 0.805. The van der Waals surface area contributed by atoms with Gasteiger partial charge in [-0.1, -0.05) is 20.8 Å². The van der Waals surface area contributed by atoms with Gasteiger partial charge in [-0.3, -0.25) is 0 Å². The third-order valence-electron chi connectivity index (χ3n) is 3.96. The lowest BCUT2D eigenvalue weighted by Crippen LogP contribution is -2.30. The zero-order valence-corrected chi connectivity index (χ0v) is 17.4. The number of phenols is 1. The zero-order valence-electron chi connectivity index (χ0n) is 15.0. The number of rotatable bonds is 7. The molecule has 0 heterocycles. The third-order valence-corrected chi connectivity index (χ3v) is 6.63. The van der Waals surface area contributed by atoms with Gasteiger partial charge in [0, 0.05) is 13.1 Å². The van der Waals surface area contributed by atoms with Crippen LogP contribution in [0.2, 0.25) is 0 Å². The van der Waals surface area contributed by atoms with Crippen LogP contribution in [-0.2, 0) is 16.4 Å². The van der Waals surface area contributed by atoms with Crippen molar-refractivity contribution in [3.8, 4) is 5.75 Å². The Morgan fingerprint density at radius 1 is 1.04 bits per heavy atom. The van der Waals surface area contributed by atoms with Gasteiger partial charge in [-0.15, -0.1) is 5.11 Å². The molecule has 0 radical (unpaired) electrons. The van der Waals surface area contributed by atoms with Crippen LogP contribution in [0.25, 0.3) is 0 Å². The summed E-state index contributed by atoms with van der Waals surface area (Å²) in [5.74, 6) is 0.0201. The number of aromatic hydroxyl groups is 1. The Kier molecular flexibility index (Phi) is 6.91. The van der Waals surface area contributed by atoms with E-state index in [0.29, 0.717) is 28.9 Å². The van der Waals surface area contributed by atoms with E-state index in [1.54, 1.807) is 32.0 Å². The molecule has 2 rings (SSSR count). The van der Waals surface area contributed by atoms with Crippen LogP contribution in [0.5, 0.6) is 5.75 Å². The van der Waals surface area contributed by atoms with E-state index in [1.807, 2.05) is 13.0 Å². The Morgan fingerprint density at radius 3 is 2.19 bits per heavy atom. The number of hydrogen-bond donors (Lipinski definition) is 1. The molecule has 8 heteroatoms. The molecule has 0 bridgehead atoms. The van der Waals surface area contributed by atoms with Crippen molar-refractivity contribution in [2.75, 3.05) is 13.1 Å². The molecular weight excluding hydrogens is 418 g/mol. The van der Waals surface area contributed by atoms with Gasteiger partial charge in [0.05, 0.1) is 15.1 Å². The van der Waals surface area contributed by atoms with Crippen LogP contribution < -0.4 is 0 Å². The minimum absolute atomic E-state index is 0.0201. The van der Waals surface area contributed by atoms with Gasteiger partial charge < -0.3 is 5.11 Å². The molecule has 0 saturated heterocycles. The lowest BCUT2D eigenvalue weighted by Gasteiger charge is -2.18. The summed E-state index contributed by atoms with van der Waals surface area (Å²) >= 11 is 3.30. The number of phenolic OH excluding ortho intramolecular Hbond substituents is 1. The van der Waals surface area contributed by atoms with Gasteiger partial charge in [-0.25, -0.2) is 8.42 Å². The van der Waals surface area contributed by atoms with E-state index in [4.69, 9.17) is 0 Å². The minimum Gasteiger partial charge on any atom is -0.505 e. The third kappa shape index (κ3) is 4.49. The molecule has 0 spiro atoms. The van der Waals surface area contributed by atoms with Crippen LogP contribution in [0.4, 0.5) is 11.4 Å². The second-order valence-electron chi connectivity index (χ2n) is 5.58. The first-order chi connectivity index (χ1) is 12.3. The van der Waals surface area contributed by atoms with Gasteiger partial charge in [0.15, 0.2) is 5.75 Å². The van der Waals surface area contributed by atoms with Gasteiger partial charge >= 0.3 is 0 Å². The molecule has 0 aliphatic heterocycles. The van der Waals surface area contributed by atoms with E-state index in [0.717, 1.165) is 12.0 Å². The summed E-state index contributed by atoms with van der Waals surface area (Å²) in [6.45, 7) is 6.45. The van der Waals surface area contributed by atoms with Gasteiger partial charge in [0.25, 0.3) is 0 Å². The number of sulfonamides is 1. The summed E-state index contributed by atoms with van der Waals surface area (Å²) in [4.78, 5) is 0.221. The van der Waals surface area contributed by atoms with Crippen LogP contribution >= 0.6 is 15.9 Å². The summed E-state index contributed by atoms with van der Waals surface area (Å²) in [6, 6.07) is 9.82. The molecule has 0 unspecified atom stereocenters. The van der Waals surface area contributed by atoms with Crippen molar-refractivity contribution in [3.05, 3.63) is 46.4 Å². The maximum atomic E-state index is 12.5. The van der Waals surface area contributed by atoms with E-state index in [1.165, 1.54) is 16.4 Å². The monoisotopic (exact) mass is 439 g/mol. The molecule has 26 heavy (non-hydrogen) atoms. The smallest absolute Gasteiger partial charge is 0.243 e. The predicted octanol–water partition coefficient (Wildman–Crippen LogP) is 5.16. The summed E-state index contributed by atoms with van der Waals surface area (Å²) < 4.78 is 26.9. The number of halogens is 1. The molecular formula is C18H22BrN3O3S. The molecule has 6 nitrogen and oxygen atoms in total. The largest absolute Gasteiger partial charge is 0.505 e. The maximum absolute atomic E-state index is 12.5. The first-order valence-corrected chi connectivity index (χ1v) is 10.6. The first-order valence-electron chi connectivity index (χ1n) is 8.36. The number of azo groups is 1. The van der Waals surface area contributed by atoms with Crippen LogP contribution in [0.15, 0.2) is 56.0 Å². The van der Waals surface area contributed by atoms with Crippen LogP contribution in [0.3, 0.4) is 0 Å². The molecule has 0 atom stereocenters. The second-order valence-corrected chi connectivity index (χ2v) is 8.37. The van der Waals surface area contributed by atoms with Crippen LogP contribution in [0.1, 0.15) is 26.3 Å². The van der Waals surface area contributed by atoms with Crippen molar-refractivity contribution < 1.29 is 13.5 Å². The molecule has 0 aromatic heterocycles. The fraction of sp³-hybridized carbons (Fsp3) is 0.333. The van der Waals surface area contributed by atoms with E-state index in [-0.39, 0.29) is 10.6 Å². The van der Waals surface area contributed by atoms with E-state index in [9.17, 15) is 13.5 Å². The van der Waals surface area contributed by atoms with Crippen molar-refractivity contribution in [3.63, 3.8) is 0 Å². The van der Waals surface area contributed by atoms with Crippen molar-refractivity contribution in [1.82, 2.24) is 4.31 Å². The van der Waals surface area contributed by atoms with Gasteiger partial charge in [-0.2, -0.15) is 9.42 Å². The van der Waals surface area contributed by atoms with Crippen molar-refractivity contribution >= 4 is 37.3 Å². The maximum Gasteiger partial charge on any atom is 0.243 e. The van der Waals surface area contributed by atoms with E-state index >= 15 is 0 Å². The molecule has 140 valence electrons. The molecule has 2 aromatic rings. The van der Waals surface area contributed by atoms with Gasteiger partial charge in [-0.05, 0) is 64.3 Å². The van der Waals surface area contributed by atoms with E-state index < -0.39 is 10.0 Å². The van der Waals surface area contributed by atoms with Gasteiger partial charge in [0.1, 0.15) is 5.69 Å². The highest BCUT2D eigenvalue weighted by molar-refractivity contribution is 9.10. The topological polar surface area (TPSA) is 82.3 Å². The van der Waals surface area contributed by atoms with Crippen molar-refractivity contribution in [1.29, 1.82) is 0 Å². The predicted molar refractivity (Wildman–Crippen MR) is 106 cm³/mol. The highest BCUT2D eigenvalue weighted by Crippen LogP contribution is 2.36. The average Bonchev–Trinajstić information content (AvgIpc) is 2.64. The molecule has 0 fully saturated rings. The Hall–Kier alpha value is -1.77. The highest BCUT2D eigenvalue weighted by Gasteiger charge is 2.21. The molecule has 0 aliphatic rings. The molecule has 1 N–H and O–H groups in total. The molecule has 2 aromatic carbocycles. The van der Waals surface area contributed by atoms with Crippen molar-refractivity contribution in [2.24, 2.45) is 10.2 Å². The van der Waals surface area contributed by atoms with Crippen LogP contribution in [0, 0.1) is 0 Å². The minimum atomic E-state index is -3.49. The Bertz CT molecular complexity index is 893. The Balaban J connectivity index is 2.28. The Labute approximate surface area is 162 Å². The zero-order chi connectivity index (χ0) is 19.3. The quantitative estimate of drug-likeness (QED) is 0.604. The summed E-state index contributed by atoms with van der Waals surface area (Å²) in [5, 5.41) is 18.3. The van der Waals surface area contributed by atoms with Gasteiger partial charge in [0.2, 0.25) is 10.0 Å². The lowest BCUT2D eigenvalue weighted by atomic mass is 10.1. The Morgan fingerprint density at radius 2 is 1.65 bits per heavy atom. The standard InChI is InChI=1S/C18H22BrN3O3S/c1-4-13-11-16(19)18(23)17(12-13)21-20-14-7-9-15(10-8-14)26(24,25)22(5-2)6-3/h7-12,23H,4-6H2,1-3H3. The van der Waals surface area contributed by atoms with Crippen LogP contribution in [-0.4, -0.2) is 30.9 Å². The normalized spacial score (nSPS) is 12.2. The number of hydrogen-bond acceptors (Lipinski definition) is 5. The highest BCUT2D eigenvalue weighted by atomic mass is 79.9. The van der Waals surface area contributed by atoms with E-state index in [2.05, 4.69) is 26.2 Å². The molecule has 0 amide bonds. The fourth-order valence-corrected chi connectivity index (χ4v) is 4.38.